The highest BCUT2D eigenvalue weighted by atomic mass is 15.1. The third-order valence-electron chi connectivity index (χ3n) is 2.39. The molecule has 2 nitrogen and oxygen atoms in total. The summed E-state index contributed by atoms with van der Waals surface area (Å²) in [5, 5.41) is 0. The first kappa shape index (κ1) is 7.35. The minimum absolute atomic E-state index is 1.01. The Morgan fingerprint density at radius 1 is 1.50 bits per heavy atom. The van der Waals surface area contributed by atoms with E-state index in [1.54, 1.807) is 0 Å². The third kappa shape index (κ3) is 0.998. The molecule has 1 aromatic heterocycles. The van der Waals surface area contributed by atoms with E-state index in [9.17, 15) is 0 Å². The fourth-order valence-electron chi connectivity index (χ4n) is 1.49. The molecule has 2 heteroatoms. The number of hydrogen-bond donors (Lipinski definition) is 0. The second kappa shape index (κ2) is 2.63. The first-order valence-electron chi connectivity index (χ1n) is 4.12. The highest BCUT2D eigenvalue weighted by Crippen LogP contribution is 2.26. The number of aromatic nitrogens is 1. The number of allylic oxidation sites excluding steroid dienone is 2. The van der Waals surface area contributed by atoms with Gasteiger partial charge in [-0.1, -0.05) is 6.08 Å². The molecule has 62 valence electrons. The summed E-state index contributed by atoms with van der Waals surface area (Å²) in [5.41, 5.74) is 3.91. The standard InChI is InChI=1S/C10H12N2/c1-8-3-4-9-7-11-6-5-10(9)12(8)2/h3,5-7H,4H2,1-2H3. The van der Waals surface area contributed by atoms with Crippen LogP contribution in [0.1, 0.15) is 12.5 Å². The molecule has 12 heavy (non-hydrogen) atoms. The molecule has 0 aromatic carbocycles. The van der Waals surface area contributed by atoms with E-state index in [0.717, 1.165) is 6.42 Å². The maximum atomic E-state index is 4.10. The molecular weight excluding hydrogens is 148 g/mol. The molecule has 0 radical (unpaired) electrons. The lowest BCUT2D eigenvalue weighted by Gasteiger charge is -2.26. The Labute approximate surface area is 72.5 Å². The fourth-order valence-corrected chi connectivity index (χ4v) is 1.49. The Balaban J connectivity index is 2.49. The van der Waals surface area contributed by atoms with Crippen LogP contribution in [0.2, 0.25) is 0 Å². The van der Waals surface area contributed by atoms with Gasteiger partial charge in [-0.3, -0.25) is 4.98 Å². The number of rotatable bonds is 0. The Morgan fingerprint density at radius 2 is 2.33 bits per heavy atom. The topological polar surface area (TPSA) is 16.1 Å². The first-order valence-corrected chi connectivity index (χ1v) is 4.12. The molecule has 0 amide bonds. The second-order valence-corrected chi connectivity index (χ2v) is 3.11. The van der Waals surface area contributed by atoms with Gasteiger partial charge in [0, 0.05) is 30.8 Å². The fraction of sp³-hybridized carbons (Fsp3) is 0.300. The van der Waals surface area contributed by atoms with Crippen molar-refractivity contribution in [2.24, 2.45) is 0 Å². The van der Waals surface area contributed by atoms with Crippen LogP contribution in [0.3, 0.4) is 0 Å². The van der Waals surface area contributed by atoms with Crippen molar-refractivity contribution < 1.29 is 0 Å². The van der Waals surface area contributed by atoms with Crippen molar-refractivity contribution >= 4 is 5.69 Å². The van der Waals surface area contributed by atoms with Gasteiger partial charge in [0.1, 0.15) is 0 Å². The molecule has 1 aliphatic heterocycles. The van der Waals surface area contributed by atoms with Crippen LogP contribution in [0.25, 0.3) is 0 Å². The van der Waals surface area contributed by atoms with Crippen LogP contribution in [0.4, 0.5) is 5.69 Å². The van der Waals surface area contributed by atoms with E-state index in [4.69, 9.17) is 0 Å². The molecular formula is C10H12N2. The molecule has 2 rings (SSSR count). The van der Waals surface area contributed by atoms with Gasteiger partial charge in [-0.05, 0) is 25.0 Å². The van der Waals surface area contributed by atoms with Gasteiger partial charge in [-0.25, -0.2) is 0 Å². The molecule has 2 heterocycles. The van der Waals surface area contributed by atoms with Crippen molar-refractivity contribution in [3.63, 3.8) is 0 Å². The molecule has 0 saturated heterocycles. The van der Waals surface area contributed by atoms with Gasteiger partial charge in [0.05, 0.1) is 0 Å². The Morgan fingerprint density at radius 3 is 3.17 bits per heavy atom. The molecule has 0 N–H and O–H groups in total. The van der Waals surface area contributed by atoms with Crippen molar-refractivity contribution in [3.8, 4) is 0 Å². The van der Waals surface area contributed by atoms with Crippen LogP contribution in [0, 0.1) is 0 Å². The molecule has 0 bridgehead atoms. The van der Waals surface area contributed by atoms with Gasteiger partial charge in [-0.2, -0.15) is 0 Å². The number of hydrogen-bond acceptors (Lipinski definition) is 2. The maximum Gasteiger partial charge on any atom is 0.0472 e. The number of fused-ring (bicyclic) bond motifs is 1. The van der Waals surface area contributed by atoms with E-state index >= 15 is 0 Å². The van der Waals surface area contributed by atoms with E-state index in [1.807, 2.05) is 12.4 Å². The lowest BCUT2D eigenvalue weighted by atomic mass is 10.1. The van der Waals surface area contributed by atoms with Crippen molar-refractivity contribution in [1.82, 2.24) is 4.98 Å². The highest BCUT2D eigenvalue weighted by Gasteiger charge is 2.12. The minimum Gasteiger partial charge on any atom is -0.348 e. The Hall–Kier alpha value is -1.31. The van der Waals surface area contributed by atoms with Gasteiger partial charge in [0.2, 0.25) is 0 Å². The second-order valence-electron chi connectivity index (χ2n) is 3.11. The SMILES string of the molecule is CC1=CCc2cnccc2N1C. The summed E-state index contributed by atoms with van der Waals surface area (Å²) in [6, 6.07) is 2.06. The van der Waals surface area contributed by atoms with E-state index in [2.05, 4.69) is 36.0 Å². The van der Waals surface area contributed by atoms with Crippen LogP contribution < -0.4 is 4.90 Å². The molecule has 0 fully saturated rings. The van der Waals surface area contributed by atoms with Gasteiger partial charge >= 0.3 is 0 Å². The molecule has 0 atom stereocenters. The lowest BCUT2D eigenvalue weighted by molar-refractivity contribution is 0.994. The summed E-state index contributed by atoms with van der Waals surface area (Å²) in [7, 11) is 2.09. The van der Waals surface area contributed by atoms with Crippen molar-refractivity contribution in [1.29, 1.82) is 0 Å². The highest BCUT2D eigenvalue weighted by molar-refractivity contribution is 5.59. The Kier molecular flexibility index (Phi) is 1.61. The number of pyridine rings is 1. The van der Waals surface area contributed by atoms with Gasteiger partial charge in [0.15, 0.2) is 0 Å². The lowest BCUT2D eigenvalue weighted by Crippen LogP contribution is -2.19. The molecule has 1 aliphatic rings. The maximum absolute atomic E-state index is 4.10. The Bertz CT molecular complexity index is 328. The van der Waals surface area contributed by atoms with Crippen LogP contribution in [-0.2, 0) is 6.42 Å². The molecule has 0 aliphatic carbocycles. The predicted molar refractivity (Wildman–Crippen MR) is 50.1 cm³/mol. The van der Waals surface area contributed by atoms with Gasteiger partial charge in [0.25, 0.3) is 0 Å². The predicted octanol–water partition coefficient (Wildman–Crippen LogP) is 1.98. The van der Waals surface area contributed by atoms with E-state index in [0.29, 0.717) is 0 Å². The van der Waals surface area contributed by atoms with Crippen molar-refractivity contribution in [3.05, 3.63) is 35.8 Å². The summed E-state index contributed by atoms with van der Waals surface area (Å²) in [4.78, 5) is 6.30. The average molecular weight is 160 g/mol. The molecule has 0 unspecified atom stereocenters. The average Bonchev–Trinajstić information content (AvgIpc) is 2.12. The molecule has 1 aromatic rings. The van der Waals surface area contributed by atoms with Crippen molar-refractivity contribution in [2.75, 3.05) is 11.9 Å². The quantitative estimate of drug-likeness (QED) is 0.577. The zero-order valence-electron chi connectivity index (χ0n) is 7.41. The number of nitrogens with zero attached hydrogens (tertiary/aromatic N) is 2. The minimum atomic E-state index is 1.01. The molecule has 0 spiro atoms. The molecule has 0 saturated carbocycles. The first-order chi connectivity index (χ1) is 5.79. The van der Waals surface area contributed by atoms with E-state index in [1.165, 1.54) is 16.9 Å². The zero-order chi connectivity index (χ0) is 8.55. The zero-order valence-corrected chi connectivity index (χ0v) is 7.41. The third-order valence-corrected chi connectivity index (χ3v) is 2.39. The van der Waals surface area contributed by atoms with E-state index in [-0.39, 0.29) is 0 Å². The van der Waals surface area contributed by atoms with Gasteiger partial charge in [-0.15, -0.1) is 0 Å². The summed E-state index contributed by atoms with van der Waals surface area (Å²) < 4.78 is 0. The summed E-state index contributed by atoms with van der Waals surface area (Å²) >= 11 is 0. The largest absolute Gasteiger partial charge is 0.348 e. The van der Waals surface area contributed by atoms with Gasteiger partial charge < -0.3 is 4.90 Å². The van der Waals surface area contributed by atoms with Crippen molar-refractivity contribution in [2.45, 2.75) is 13.3 Å². The van der Waals surface area contributed by atoms with Crippen LogP contribution in [-0.4, -0.2) is 12.0 Å². The summed E-state index contributed by atoms with van der Waals surface area (Å²) in [6.07, 6.45) is 7.02. The van der Waals surface area contributed by atoms with Crippen LogP contribution >= 0.6 is 0 Å². The monoisotopic (exact) mass is 160 g/mol. The summed E-state index contributed by atoms with van der Waals surface area (Å²) in [5.74, 6) is 0. The summed E-state index contributed by atoms with van der Waals surface area (Å²) in [6.45, 7) is 2.13. The normalized spacial score (nSPS) is 15.5. The van der Waals surface area contributed by atoms with Crippen LogP contribution in [0.5, 0.6) is 0 Å². The number of anilines is 1. The van der Waals surface area contributed by atoms with Crippen LogP contribution in [0.15, 0.2) is 30.2 Å². The van der Waals surface area contributed by atoms with E-state index < -0.39 is 0 Å². The smallest absolute Gasteiger partial charge is 0.0472 e.